The van der Waals surface area contributed by atoms with Crippen molar-refractivity contribution in [3.8, 4) is 0 Å². The van der Waals surface area contributed by atoms with Gasteiger partial charge in [0.05, 0.1) is 129 Å². The van der Waals surface area contributed by atoms with E-state index in [1.807, 2.05) is 0 Å². The van der Waals surface area contributed by atoms with Crippen LogP contribution in [0.25, 0.3) is 0 Å². The summed E-state index contributed by atoms with van der Waals surface area (Å²) in [4.78, 5) is 14.6. The SMILES string of the molecule is C=C1C[C@@H]2CC[C@@]34C[C@H]5O[C@H]6[C@@H](O3)[C@H]3O[C@H](CC[C@@H]3O[C@@]6(O)[C@@H]5O4)CC(=O)O[C@@H]3[C@@H](C)[C@@H]4O[C@@H]5C[C@]6(C[C@@H]7O[C@]8(C[C@H](C)[C@@H]9O[C@H]([C@@H](O)C[C@@H](O)CO)C[C@@H]9O8)C[C@H](C)[C@@H]7O6)O[C@@H]5C[C@@H]4O[C@H]3C[C@H]3O[C@@H](CC[C@@H]1O2)C[C@@H](C)C3=C. The zero-order valence-electron chi connectivity index (χ0n) is 46.8. The average Bonchev–Trinajstić information content (AvgIpc) is 4.45. The molecule has 0 aliphatic carbocycles. The van der Waals surface area contributed by atoms with E-state index >= 15 is 0 Å². The Morgan fingerprint density at radius 2 is 1.25 bits per heavy atom. The van der Waals surface area contributed by atoms with Crippen LogP contribution in [0.2, 0.25) is 0 Å². The van der Waals surface area contributed by atoms with E-state index in [4.69, 9.17) is 71.1 Å². The largest absolute Gasteiger partial charge is 0.459 e. The molecule has 16 aliphatic rings. The van der Waals surface area contributed by atoms with Crippen LogP contribution in [0.15, 0.2) is 24.3 Å². The van der Waals surface area contributed by atoms with Crippen molar-refractivity contribution < 1.29 is 96.3 Å². The van der Waals surface area contributed by atoms with Gasteiger partial charge in [-0.3, -0.25) is 4.79 Å². The second-order valence-corrected chi connectivity index (χ2v) is 27.7. The van der Waals surface area contributed by atoms with E-state index < -0.39 is 109 Å². The minimum atomic E-state index is -1.68. The maximum absolute atomic E-state index is 14.6. The number of fused-ring (bicyclic) bond motifs is 10. The van der Waals surface area contributed by atoms with Crippen LogP contribution in [-0.2, 0) is 75.8 Å². The van der Waals surface area contributed by atoms with Gasteiger partial charge in [0.25, 0.3) is 0 Å². The summed E-state index contributed by atoms with van der Waals surface area (Å²) < 4.78 is 103. The average molecular weight is 1130 g/mol. The molecule has 32 atom stereocenters. The Morgan fingerprint density at radius 3 is 2.09 bits per heavy atom. The van der Waals surface area contributed by atoms with Crippen LogP contribution in [0.4, 0.5) is 0 Å². The summed E-state index contributed by atoms with van der Waals surface area (Å²) in [5.74, 6) is -4.78. The quantitative estimate of drug-likeness (QED) is 0.228. The topological polar surface area (TPSA) is 236 Å². The Bertz CT molecular complexity index is 2400. The first-order chi connectivity index (χ1) is 38.3. The third-order valence-electron chi connectivity index (χ3n) is 22.0. The maximum atomic E-state index is 14.6. The third kappa shape index (κ3) is 9.23. The van der Waals surface area contributed by atoms with Crippen LogP contribution in [0.5, 0.6) is 0 Å². The molecule has 20 nitrogen and oxygen atoms in total. The summed E-state index contributed by atoms with van der Waals surface area (Å²) in [6, 6.07) is 0. The molecule has 3 spiro atoms. The standard InChI is InChI=1S/C60H86O20/c1-26-13-33-7-9-37-27(2)14-35(66-37)11-12-57-24-47-55(80-57)60(65)56(72-47)54(79-57)53-38(77-60)10-8-34(68-53)16-48(64)73-52-31(6)51-43(69-42(52)17-39(67-33)30(26)5)19-41-45(71-51)22-59(74-41)23-46-50(78-59)29(4)21-58(76-46)20-28(3)49-44(75-58)18-40(70-49)36(63)15-32(62)25-61/h26,28-29,31-47,49-56,61-63,65H,2,5,7-25H2,1,3-4,6H3/t26-,28+,29+,31+,32-,33+,34-,35+,36+,37+,38+,39-,40+,41-,42+,43+,44+,45-,46+,47-,49+,50+,51+,52-,53+,54+,55-,56+,57-,58-,59+,60+/m1/s1. The molecular formula is C60H86O20. The minimum Gasteiger partial charge on any atom is -0.459 e. The number of hydrogen-bond donors (Lipinski definition) is 4. The fourth-order valence-electron chi connectivity index (χ4n) is 18.2. The highest BCUT2D eigenvalue weighted by Gasteiger charge is 2.76. The Labute approximate surface area is 468 Å². The van der Waals surface area contributed by atoms with Gasteiger partial charge < -0.3 is 91.5 Å². The van der Waals surface area contributed by atoms with Gasteiger partial charge >= 0.3 is 5.97 Å². The van der Waals surface area contributed by atoms with Crippen LogP contribution < -0.4 is 0 Å². The fraction of sp³-hybridized carbons (Fsp3) is 0.917. The first kappa shape index (κ1) is 54.9. The zero-order valence-corrected chi connectivity index (χ0v) is 46.8. The summed E-state index contributed by atoms with van der Waals surface area (Å²) >= 11 is 0. The van der Waals surface area contributed by atoms with Crippen molar-refractivity contribution in [3.05, 3.63) is 24.3 Å². The van der Waals surface area contributed by atoms with E-state index in [9.17, 15) is 25.2 Å². The van der Waals surface area contributed by atoms with Crippen molar-refractivity contribution in [1.82, 2.24) is 0 Å². The lowest BCUT2D eigenvalue weighted by molar-refractivity contribution is -0.349. The van der Waals surface area contributed by atoms with Gasteiger partial charge in [-0.25, -0.2) is 0 Å². The maximum Gasteiger partial charge on any atom is 0.308 e. The zero-order chi connectivity index (χ0) is 54.9. The van der Waals surface area contributed by atoms with Crippen LogP contribution in [-0.4, -0.2) is 203 Å². The van der Waals surface area contributed by atoms with Crippen molar-refractivity contribution in [2.75, 3.05) is 6.61 Å². The van der Waals surface area contributed by atoms with Gasteiger partial charge in [-0.05, 0) is 73.8 Å². The Balaban J connectivity index is 0.658. The summed E-state index contributed by atoms with van der Waals surface area (Å²) in [6.45, 7) is 17.3. The molecule has 12 bridgehead atoms. The molecule has 0 radical (unpaired) electrons. The first-order valence-electron chi connectivity index (χ1n) is 30.9. The molecule has 0 aromatic rings. The van der Waals surface area contributed by atoms with Gasteiger partial charge in [0.15, 0.2) is 17.4 Å². The highest BCUT2D eigenvalue weighted by atomic mass is 16.8. The predicted molar refractivity (Wildman–Crippen MR) is 275 cm³/mol. The molecular weight excluding hydrogens is 1040 g/mol. The van der Waals surface area contributed by atoms with E-state index in [2.05, 4.69) is 40.9 Å². The smallest absolute Gasteiger partial charge is 0.308 e. The Morgan fingerprint density at radius 1 is 0.537 bits per heavy atom. The molecule has 80 heavy (non-hydrogen) atoms. The molecule has 20 heteroatoms. The minimum absolute atomic E-state index is 0.000884. The monoisotopic (exact) mass is 1130 g/mol. The van der Waals surface area contributed by atoms with E-state index in [1.165, 1.54) is 0 Å². The first-order valence-corrected chi connectivity index (χ1v) is 30.9. The molecule has 16 saturated heterocycles. The second kappa shape index (κ2) is 20.2. The molecule has 16 heterocycles. The van der Waals surface area contributed by atoms with Gasteiger partial charge in [-0.1, -0.05) is 40.9 Å². The van der Waals surface area contributed by atoms with Gasteiger partial charge in [-0.15, -0.1) is 0 Å². The number of esters is 1. The molecule has 16 aliphatic heterocycles. The summed E-state index contributed by atoms with van der Waals surface area (Å²) in [7, 11) is 0. The van der Waals surface area contributed by atoms with Crippen LogP contribution >= 0.6 is 0 Å². The number of carbonyl (C=O) groups is 1. The van der Waals surface area contributed by atoms with Gasteiger partial charge in [0, 0.05) is 70.1 Å². The van der Waals surface area contributed by atoms with E-state index in [0.29, 0.717) is 77.0 Å². The molecule has 446 valence electrons. The van der Waals surface area contributed by atoms with E-state index in [-0.39, 0.29) is 110 Å². The molecule has 16 rings (SSSR count). The molecule has 0 amide bonds. The summed E-state index contributed by atoms with van der Waals surface area (Å²) in [6.07, 6.45) is -1.11. The Kier molecular flexibility index (Phi) is 13.8. The molecule has 16 fully saturated rings. The number of ether oxygens (including phenoxy) is 15. The molecule has 4 N–H and O–H groups in total. The second-order valence-electron chi connectivity index (χ2n) is 27.7. The van der Waals surface area contributed by atoms with Gasteiger partial charge in [0.2, 0.25) is 5.79 Å². The molecule has 0 saturated carbocycles. The highest BCUT2D eigenvalue weighted by Crippen LogP contribution is 2.59. The third-order valence-corrected chi connectivity index (χ3v) is 22.0. The lowest BCUT2D eigenvalue weighted by Gasteiger charge is -2.51. The van der Waals surface area contributed by atoms with Crippen LogP contribution in [0.3, 0.4) is 0 Å². The van der Waals surface area contributed by atoms with Crippen molar-refractivity contribution in [2.24, 2.45) is 23.7 Å². The molecule has 0 aromatic carbocycles. The number of aliphatic hydroxyl groups is 4. The predicted octanol–water partition coefficient (Wildman–Crippen LogP) is 4.25. The van der Waals surface area contributed by atoms with E-state index in [0.717, 1.165) is 36.8 Å². The van der Waals surface area contributed by atoms with Crippen LogP contribution in [0.1, 0.15) is 143 Å². The van der Waals surface area contributed by atoms with Crippen molar-refractivity contribution in [1.29, 1.82) is 0 Å². The van der Waals surface area contributed by atoms with Crippen molar-refractivity contribution >= 4 is 5.97 Å². The highest BCUT2D eigenvalue weighted by molar-refractivity contribution is 5.70. The lowest BCUT2D eigenvalue weighted by atomic mass is 9.79. The molecule has 0 aromatic heterocycles. The normalized spacial score (nSPS) is 57.6. The van der Waals surface area contributed by atoms with E-state index in [1.54, 1.807) is 0 Å². The van der Waals surface area contributed by atoms with Crippen molar-refractivity contribution in [2.45, 2.75) is 313 Å². The molecule has 0 unspecified atom stereocenters. The lowest BCUT2D eigenvalue weighted by Crippen LogP contribution is -2.67. The van der Waals surface area contributed by atoms with Crippen LogP contribution in [0, 0.1) is 23.7 Å². The fourth-order valence-corrected chi connectivity index (χ4v) is 18.2. The van der Waals surface area contributed by atoms with Gasteiger partial charge in [-0.2, -0.15) is 0 Å². The number of hydrogen-bond acceptors (Lipinski definition) is 20. The number of rotatable bonds is 4. The number of aliphatic hydroxyl groups excluding tert-OH is 3. The van der Waals surface area contributed by atoms with Crippen molar-refractivity contribution in [3.63, 3.8) is 0 Å². The summed E-state index contributed by atoms with van der Waals surface area (Å²) in [5.41, 5.74) is 2.09. The van der Waals surface area contributed by atoms with Gasteiger partial charge in [0.1, 0.15) is 30.5 Å². The summed E-state index contributed by atoms with van der Waals surface area (Å²) in [5, 5.41) is 42.5. The number of carbonyl (C=O) groups excluding carboxylic acids is 1. The Hall–Kier alpha value is -1.77.